The van der Waals surface area contributed by atoms with Crippen LogP contribution >= 0.6 is 0 Å². The first-order chi connectivity index (χ1) is 16.6. The molecule has 0 radical (unpaired) electrons. The maximum absolute atomic E-state index is 5.83. The molecule has 2 N–H and O–H groups in total. The van der Waals surface area contributed by atoms with E-state index in [9.17, 15) is 0 Å². The molecular formula is C27H37N5O2. The summed E-state index contributed by atoms with van der Waals surface area (Å²) in [7, 11) is 5.74. The number of para-hydroxylation sites is 2. The minimum Gasteiger partial charge on any atom is -0.493 e. The number of aromatic nitrogens is 2. The van der Waals surface area contributed by atoms with Gasteiger partial charge in [-0.05, 0) is 63.3 Å². The topological polar surface area (TPSA) is 71.5 Å². The Kier molecular flexibility index (Phi) is 8.06. The average Bonchev–Trinajstić information content (AvgIpc) is 2.85. The minimum absolute atomic E-state index is 0.412. The summed E-state index contributed by atoms with van der Waals surface area (Å²) in [6, 6.07) is 14.7. The maximum atomic E-state index is 5.83. The second kappa shape index (κ2) is 11.4. The third kappa shape index (κ3) is 5.70. The third-order valence-corrected chi connectivity index (χ3v) is 6.50. The Hall–Kier alpha value is -3.06. The van der Waals surface area contributed by atoms with E-state index < -0.39 is 0 Å². The van der Waals surface area contributed by atoms with Crippen molar-refractivity contribution in [2.24, 2.45) is 5.92 Å². The normalized spacial score (nSPS) is 18.0. The predicted molar refractivity (Wildman–Crippen MR) is 139 cm³/mol. The zero-order chi connectivity index (χ0) is 23.9. The molecule has 4 rings (SSSR count). The Morgan fingerprint density at radius 1 is 1.00 bits per heavy atom. The first-order valence-corrected chi connectivity index (χ1v) is 12.3. The SMILES string of the molecule is CCOc1c(CNCC2CCC(Nc3nc(N(C)C)c4ccccc4n3)CC2)cccc1OC. The van der Waals surface area contributed by atoms with E-state index in [0.29, 0.717) is 18.6 Å². The molecule has 0 spiro atoms. The van der Waals surface area contributed by atoms with Gasteiger partial charge in [0, 0.05) is 37.6 Å². The van der Waals surface area contributed by atoms with Crippen LogP contribution in [0, 0.1) is 5.92 Å². The second-order valence-corrected chi connectivity index (χ2v) is 9.16. The van der Waals surface area contributed by atoms with E-state index in [0.717, 1.165) is 65.7 Å². The molecule has 1 aliphatic carbocycles. The smallest absolute Gasteiger partial charge is 0.225 e. The number of hydrogen-bond donors (Lipinski definition) is 2. The van der Waals surface area contributed by atoms with Crippen LogP contribution in [0.3, 0.4) is 0 Å². The van der Waals surface area contributed by atoms with E-state index in [4.69, 9.17) is 19.4 Å². The summed E-state index contributed by atoms with van der Waals surface area (Å²) in [4.78, 5) is 11.6. The van der Waals surface area contributed by atoms with Crippen LogP contribution in [0.15, 0.2) is 42.5 Å². The van der Waals surface area contributed by atoms with Crippen molar-refractivity contribution < 1.29 is 9.47 Å². The molecule has 1 aromatic heterocycles. The van der Waals surface area contributed by atoms with Crippen molar-refractivity contribution in [1.29, 1.82) is 0 Å². The summed E-state index contributed by atoms with van der Waals surface area (Å²) in [5.74, 6) is 4.00. The van der Waals surface area contributed by atoms with Crippen LogP contribution in [0.4, 0.5) is 11.8 Å². The highest BCUT2D eigenvalue weighted by atomic mass is 16.5. The number of ether oxygens (including phenoxy) is 2. The van der Waals surface area contributed by atoms with Crippen LogP contribution in [0.1, 0.15) is 38.2 Å². The van der Waals surface area contributed by atoms with E-state index in [1.165, 1.54) is 12.8 Å². The molecular weight excluding hydrogens is 426 g/mol. The quantitative estimate of drug-likeness (QED) is 0.445. The number of anilines is 2. The van der Waals surface area contributed by atoms with Crippen molar-refractivity contribution in [3.8, 4) is 11.5 Å². The summed E-state index contributed by atoms with van der Waals surface area (Å²) in [6.45, 7) is 4.41. The zero-order valence-corrected chi connectivity index (χ0v) is 20.8. The molecule has 7 nitrogen and oxygen atoms in total. The lowest BCUT2D eigenvalue weighted by molar-refractivity contribution is 0.303. The fourth-order valence-corrected chi connectivity index (χ4v) is 4.74. The Bertz CT molecular complexity index is 1080. The van der Waals surface area contributed by atoms with Gasteiger partial charge in [-0.15, -0.1) is 0 Å². The summed E-state index contributed by atoms with van der Waals surface area (Å²) in [5.41, 5.74) is 2.12. The monoisotopic (exact) mass is 463 g/mol. The Morgan fingerprint density at radius 2 is 1.79 bits per heavy atom. The number of benzene rings is 2. The number of rotatable bonds is 10. The fourth-order valence-electron chi connectivity index (χ4n) is 4.74. The molecule has 2 aromatic carbocycles. The molecule has 0 aliphatic heterocycles. The molecule has 0 bridgehead atoms. The standard InChI is InChI=1S/C27H37N5O2/c1-5-34-25-20(9-8-12-24(25)33-4)18-28-17-19-13-15-21(16-14-19)29-27-30-23-11-7-6-10-22(23)26(31-27)32(2)3/h6-12,19,21,28H,5,13-18H2,1-4H3,(H,29,30,31). The van der Waals surface area contributed by atoms with Gasteiger partial charge in [0.05, 0.1) is 19.2 Å². The molecule has 0 amide bonds. The number of nitrogens with one attached hydrogen (secondary N) is 2. The van der Waals surface area contributed by atoms with Gasteiger partial charge in [-0.3, -0.25) is 0 Å². The zero-order valence-electron chi connectivity index (χ0n) is 20.8. The van der Waals surface area contributed by atoms with Crippen LogP contribution in [0.2, 0.25) is 0 Å². The van der Waals surface area contributed by atoms with Crippen molar-refractivity contribution in [2.45, 2.75) is 45.2 Å². The van der Waals surface area contributed by atoms with Crippen molar-refractivity contribution in [1.82, 2.24) is 15.3 Å². The molecule has 3 aromatic rings. The van der Waals surface area contributed by atoms with Crippen LogP contribution in [0.5, 0.6) is 11.5 Å². The fraction of sp³-hybridized carbons (Fsp3) is 0.481. The lowest BCUT2D eigenvalue weighted by atomic mass is 9.86. The number of fused-ring (bicyclic) bond motifs is 1. The van der Waals surface area contributed by atoms with Crippen LogP contribution in [-0.4, -0.2) is 50.4 Å². The van der Waals surface area contributed by atoms with Gasteiger partial charge in [-0.1, -0.05) is 24.3 Å². The molecule has 7 heteroatoms. The van der Waals surface area contributed by atoms with Gasteiger partial charge in [0.1, 0.15) is 5.82 Å². The van der Waals surface area contributed by atoms with Gasteiger partial charge in [-0.25, -0.2) is 4.98 Å². The molecule has 1 saturated carbocycles. The Labute approximate surface area is 202 Å². The van der Waals surface area contributed by atoms with E-state index in [2.05, 4.69) is 33.7 Å². The first-order valence-electron chi connectivity index (χ1n) is 12.3. The highest BCUT2D eigenvalue weighted by molar-refractivity contribution is 5.90. The maximum Gasteiger partial charge on any atom is 0.225 e. The average molecular weight is 464 g/mol. The molecule has 1 heterocycles. The van der Waals surface area contributed by atoms with Gasteiger partial charge < -0.3 is 25.0 Å². The highest BCUT2D eigenvalue weighted by Gasteiger charge is 2.22. The number of hydrogen-bond acceptors (Lipinski definition) is 7. The predicted octanol–water partition coefficient (Wildman–Crippen LogP) is 4.86. The van der Waals surface area contributed by atoms with E-state index in [-0.39, 0.29) is 0 Å². The molecule has 0 atom stereocenters. The molecule has 0 saturated heterocycles. The number of nitrogens with zero attached hydrogens (tertiary/aromatic N) is 3. The van der Waals surface area contributed by atoms with E-state index >= 15 is 0 Å². The lowest BCUT2D eigenvalue weighted by Gasteiger charge is -2.29. The molecule has 182 valence electrons. The van der Waals surface area contributed by atoms with Crippen LogP contribution in [-0.2, 0) is 6.54 Å². The van der Waals surface area contributed by atoms with E-state index in [1.54, 1.807) is 7.11 Å². The van der Waals surface area contributed by atoms with Gasteiger partial charge in [0.15, 0.2) is 11.5 Å². The van der Waals surface area contributed by atoms with Crippen LogP contribution < -0.4 is 25.0 Å². The van der Waals surface area contributed by atoms with Gasteiger partial charge in [-0.2, -0.15) is 4.98 Å². The van der Waals surface area contributed by atoms with Gasteiger partial charge >= 0.3 is 0 Å². The second-order valence-electron chi connectivity index (χ2n) is 9.16. The van der Waals surface area contributed by atoms with Crippen molar-refractivity contribution in [3.05, 3.63) is 48.0 Å². The first kappa shape index (κ1) is 24.1. The van der Waals surface area contributed by atoms with E-state index in [1.807, 2.05) is 45.3 Å². The molecule has 34 heavy (non-hydrogen) atoms. The summed E-state index contributed by atoms with van der Waals surface area (Å²) < 4.78 is 11.3. The van der Waals surface area contributed by atoms with Crippen molar-refractivity contribution >= 4 is 22.7 Å². The van der Waals surface area contributed by atoms with Crippen molar-refractivity contribution in [2.75, 3.05) is 44.6 Å². The lowest BCUT2D eigenvalue weighted by Crippen LogP contribution is -2.31. The minimum atomic E-state index is 0.412. The highest BCUT2D eigenvalue weighted by Crippen LogP contribution is 2.32. The largest absolute Gasteiger partial charge is 0.493 e. The summed E-state index contributed by atoms with van der Waals surface area (Å²) in [5, 5.41) is 8.33. The summed E-state index contributed by atoms with van der Waals surface area (Å²) in [6.07, 6.45) is 4.64. The Balaban J connectivity index is 1.29. The molecule has 1 fully saturated rings. The number of methoxy groups -OCH3 is 1. The van der Waals surface area contributed by atoms with Crippen molar-refractivity contribution in [3.63, 3.8) is 0 Å². The summed E-state index contributed by atoms with van der Waals surface area (Å²) >= 11 is 0. The van der Waals surface area contributed by atoms with Crippen LogP contribution in [0.25, 0.3) is 10.9 Å². The Morgan fingerprint density at radius 3 is 2.53 bits per heavy atom. The molecule has 1 aliphatic rings. The van der Waals surface area contributed by atoms with Gasteiger partial charge in [0.2, 0.25) is 5.95 Å². The van der Waals surface area contributed by atoms with Gasteiger partial charge in [0.25, 0.3) is 0 Å². The molecule has 0 unspecified atom stereocenters. The third-order valence-electron chi connectivity index (χ3n) is 6.50.